The van der Waals surface area contributed by atoms with Crippen molar-refractivity contribution in [3.05, 3.63) is 35.9 Å². The lowest BCUT2D eigenvalue weighted by atomic mass is 10.00. The molecule has 1 aromatic rings. The first kappa shape index (κ1) is 40.2. The van der Waals surface area contributed by atoms with Gasteiger partial charge in [0.05, 0.1) is 31.0 Å². The number of benzene rings is 1. The van der Waals surface area contributed by atoms with E-state index < -0.39 is 73.6 Å². The van der Waals surface area contributed by atoms with E-state index in [1.807, 2.05) is 30.3 Å². The van der Waals surface area contributed by atoms with Gasteiger partial charge in [0.15, 0.2) is 12.6 Å². The molecule has 0 bridgehead atoms. The molecule has 2 aliphatic heterocycles. The predicted molar refractivity (Wildman–Crippen MR) is 170 cm³/mol. The number of amides is 1. The minimum absolute atomic E-state index is 0.0646. The lowest BCUT2D eigenvalue weighted by molar-refractivity contribution is -0.306. The van der Waals surface area contributed by atoms with Gasteiger partial charge in [-0.3, -0.25) is 14.5 Å². The summed E-state index contributed by atoms with van der Waals surface area (Å²) in [4.78, 5) is 26.7. The van der Waals surface area contributed by atoms with E-state index in [9.17, 15) is 40.2 Å². The number of nitrogens with one attached hydrogen (secondary N) is 1. The lowest BCUT2D eigenvalue weighted by Gasteiger charge is -2.41. The van der Waals surface area contributed by atoms with Crippen molar-refractivity contribution < 1.29 is 63.9 Å². The fraction of sp³-hybridized carbons (Fsp3) is 0.758. The zero-order valence-corrected chi connectivity index (χ0v) is 28.2. The van der Waals surface area contributed by atoms with Crippen molar-refractivity contribution in [3.63, 3.8) is 0 Å². The highest BCUT2D eigenvalue weighted by Gasteiger charge is 2.44. The number of aliphatic hydroxyl groups excluding tert-OH is 6. The minimum Gasteiger partial charge on any atom is -0.461 e. The van der Waals surface area contributed by atoms with E-state index in [1.165, 1.54) is 0 Å². The van der Waals surface area contributed by atoms with Crippen LogP contribution in [0.25, 0.3) is 0 Å². The number of rotatable bonds is 18. The van der Waals surface area contributed by atoms with Crippen molar-refractivity contribution in [1.82, 2.24) is 10.2 Å². The summed E-state index contributed by atoms with van der Waals surface area (Å²) in [7, 11) is 0. The summed E-state index contributed by atoms with van der Waals surface area (Å²) >= 11 is 0. The number of ether oxygens (including phenoxy) is 5. The van der Waals surface area contributed by atoms with E-state index in [1.54, 1.807) is 32.6 Å². The fourth-order valence-electron chi connectivity index (χ4n) is 5.59. The highest BCUT2D eigenvalue weighted by Crippen LogP contribution is 2.24. The molecule has 2 fully saturated rings. The molecular formula is C33H54N2O13. The van der Waals surface area contributed by atoms with Crippen molar-refractivity contribution >= 4 is 11.9 Å². The average molecular weight is 687 g/mol. The Morgan fingerprint density at radius 1 is 0.771 bits per heavy atom. The molecule has 1 amide bonds. The van der Waals surface area contributed by atoms with Crippen LogP contribution in [0.2, 0.25) is 0 Å². The number of carbonyl (C=O) groups is 2. The van der Waals surface area contributed by atoms with Gasteiger partial charge in [0, 0.05) is 26.1 Å². The molecule has 2 aliphatic rings. The molecule has 48 heavy (non-hydrogen) atoms. The van der Waals surface area contributed by atoms with Gasteiger partial charge in [0.25, 0.3) is 0 Å². The second-order valence-corrected chi connectivity index (χ2v) is 12.8. The topological polar surface area (TPSA) is 217 Å². The van der Waals surface area contributed by atoms with Gasteiger partial charge in [-0.2, -0.15) is 0 Å². The molecule has 2 saturated heterocycles. The molecule has 0 radical (unpaired) electrons. The molecule has 15 heteroatoms. The van der Waals surface area contributed by atoms with Crippen LogP contribution < -0.4 is 5.32 Å². The van der Waals surface area contributed by atoms with E-state index >= 15 is 0 Å². The summed E-state index contributed by atoms with van der Waals surface area (Å²) in [5.41, 5.74) is 0.922. The summed E-state index contributed by atoms with van der Waals surface area (Å²) < 4.78 is 28.1. The highest BCUT2D eigenvalue weighted by molar-refractivity contribution is 5.78. The third-order valence-corrected chi connectivity index (χ3v) is 8.37. The molecule has 0 saturated carbocycles. The Hall–Kier alpha value is -2.28. The third-order valence-electron chi connectivity index (χ3n) is 8.37. The SMILES string of the molecule is CC(CN(CC(=O)NCCCCCC(=O)OCc1ccccc1)CC(C)O[C@@H]1O[C@@H](C)[C@@H](O)[C@@H](O)[C@@H]1O)O[C@@H]1O[C@@H](C)[C@@H](O)[C@@H](O)[C@@H]1O. The maximum Gasteiger partial charge on any atom is 0.306 e. The summed E-state index contributed by atoms with van der Waals surface area (Å²) in [5, 5.41) is 63.9. The van der Waals surface area contributed by atoms with Gasteiger partial charge in [0.2, 0.25) is 5.91 Å². The molecule has 0 aromatic heterocycles. The normalized spacial score (nSPS) is 32.1. The van der Waals surface area contributed by atoms with Gasteiger partial charge in [-0.1, -0.05) is 36.8 Å². The first-order valence-electron chi connectivity index (χ1n) is 16.7. The molecule has 274 valence electrons. The molecule has 2 heterocycles. The molecule has 12 atom stereocenters. The van der Waals surface area contributed by atoms with Crippen molar-refractivity contribution in [2.75, 3.05) is 26.2 Å². The monoisotopic (exact) mass is 686 g/mol. The van der Waals surface area contributed by atoms with Gasteiger partial charge in [-0.05, 0) is 46.1 Å². The van der Waals surface area contributed by atoms with Crippen LogP contribution in [0.5, 0.6) is 0 Å². The quantitative estimate of drug-likeness (QED) is 0.0742. The van der Waals surface area contributed by atoms with E-state index in [0.717, 1.165) is 5.56 Å². The smallest absolute Gasteiger partial charge is 0.306 e. The zero-order valence-electron chi connectivity index (χ0n) is 28.2. The van der Waals surface area contributed by atoms with Crippen LogP contribution in [-0.2, 0) is 39.9 Å². The van der Waals surface area contributed by atoms with E-state index in [0.29, 0.717) is 25.8 Å². The standard InChI is InChI=1S/C33H54N2O13/c1-19(45-32-30(42)28(40)26(38)21(3)47-32)15-35(16-20(2)46-33-31(43)29(41)27(39)22(4)48-33)17-24(36)34-14-10-6-9-13-25(37)44-18-23-11-7-5-8-12-23/h5,7-8,11-12,19-22,26-33,38-43H,6,9-10,13-18H2,1-4H3,(H,34,36)/t19?,20?,21-,22-,26+,27+,28+,29+,30-,31-,32+,33+/m0/s1. The Kier molecular flexibility index (Phi) is 16.6. The van der Waals surface area contributed by atoms with Crippen molar-refractivity contribution in [2.45, 2.75) is 134 Å². The minimum atomic E-state index is -1.49. The Labute approximate surface area is 281 Å². The molecule has 1 aromatic carbocycles. The van der Waals surface area contributed by atoms with Gasteiger partial charge in [-0.25, -0.2) is 0 Å². The van der Waals surface area contributed by atoms with E-state index in [2.05, 4.69) is 5.32 Å². The summed E-state index contributed by atoms with van der Waals surface area (Å²) in [5.74, 6) is -0.553. The first-order chi connectivity index (χ1) is 22.8. The number of nitrogens with zero attached hydrogens (tertiary/aromatic N) is 1. The van der Waals surface area contributed by atoms with Crippen LogP contribution in [0, 0.1) is 0 Å². The molecule has 0 aliphatic carbocycles. The van der Waals surface area contributed by atoms with Gasteiger partial charge in [-0.15, -0.1) is 0 Å². The maximum absolute atomic E-state index is 12.9. The summed E-state index contributed by atoms with van der Waals surface area (Å²) in [6, 6.07) is 9.43. The zero-order chi connectivity index (χ0) is 35.4. The van der Waals surface area contributed by atoms with Gasteiger partial charge < -0.3 is 59.6 Å². The Balaban J connectivity index is 1.48. The molecule has 2 unspecified atom stereocenters. The highest BCUT2D eigenvalue weighted by atomic mass is 16.7. The number of unbranched alkanes of at least 4 members (excludes halogenated alkanes) is 2. The largest absolute Gasteiger partial charge is 0.461 e. The second-order valence-electron chi connectivity index (χ2n) is 12.8. The molecule has 0 spiro atoms. The van der Waals surface area contributed by atoms with Crippen LogP contribution in [0.3, 0.4) is 0 Å². The number of hydrogen-bond acceptors (Lipinski definition) is 14. The number of hydrogen-bond donors (Lipinski definition) is 7. The van der Waals surface area contributed by atoms with Crippen LogP contribution in [0.15, 0.2) is 30.3 Å². The van der Waals surface area contributed by atoms with Crippen molar-refractivity contribution in [3.8, 4) is 0 Å². The lowest BCUT2D eigenvalue weighted by Crippen LogP contribution is -2.58. The fourth-order valence-corrected chi connectivity index (χ4v) is 5.59. The average Bonchev–Trinajstić information content (AvgIpc) is 3.05. The summed E-state index contributed by atoms with van der Waals surface area (Å²) in [6.45, 7) is 7.39. The number of carbonyl (C=O) groups excluding carboxylic acids is 2. The van der Waals surface area contributed by atoms with Gasteiger partial charge in [0.1, 0.15) is 43.2 Å². The Morgan fingerprint density at radius 2 is 1.29 bits per heavy atom. The van der Waals surface area contributed by atoms with Crippen molar-refractivity contribution in [1.29, 1.82) is 0 Å². The van der Waals surface area contributed by atoms with Crippen LogP contribution >= 0.6 is 0 Å². The second kappa shape index (κ2) is 19.8. The van der Waals surface area contributed by atoms with Crippen LogP contribution in [0.1, 0.15) is 58.9 Å². The maximum atomic E-state index is 12.9. The molecule has 7 N–H and O–H groups in total. The Morgan fingerprint density at radius 3 is 1.81 bits per heavy atom. The van der Waals surface area contributed by atoms with Crippen LogP contribution in [-0.4, -0.2) is 147 Å². The summed E-state index contributed by atoms with van der Waals surface area (Å²) in [6.07, 6.45) is -11.4. The predicted octanol–water partition coefficient (Wildman–Crippen LogP) is -0.826. The third kappa shape index (κ3) is 12.6. The van der Waals surface area contributed by atoms with E-state index in [4.69, 9.17) is 23.7 Å². The Bertz CT molecular complexity index is 1060. The molecule has 15 nitrogen and oxygen atoms in total. The number of aliphatic hydroxyl groups is 6. The van der Waals surface area contributed by atoms with Crippen molar-refractivity contribution in [2.24, 2.45) is 0 Å². The molecular weight excluding hydrogens is 632 g/mol. The molecule has 3 rings (SSSR count). The van der Waals surface area contributed by atoms with Gasteiger partial charge >= 0.3 is 5.97 Å². The van der Waals surface area contributed by atoms with Crippen LogP contribution in [0.4, 0.5) is 0 Å². The number of esters is 1. The first-order valence-corrected chi connectivity index (χ1v) is 16.7. The van der Waals surface area contributed by atoms with E-state index in [-0.39, 0.29) is 44.5 Å².